The van der Waals surface area contributed by atoms with Crippen molar-refractivity contribution >= 4 is 22.4 Å². The number of piperidine rings is 1. The average Bonchev–Trinajstić information content (AvgIpc) is 2.15. The van der Waals surface area contributed by atoms with Crippen LogP contribution in [0, 0.1) is 11.3 Å². The zero-order valence-corrected chi connectivity index (χ0v) is 13.5. The van der Waals surface area contributed by atoms with Gasteiger partial charge < -0.3 is 5.32 Å². The lowest BCUT2D eigenvalue weighted by Gasteiger charge is -2.33. The van der Waals surface area contributed by atoms with Gasteiger partial charge in [-0.15, -0.1) is 12.4 Å². The molecule has 0 aromatic heterocycles. The van der Waals surface area contributed by atoms with Crippen molar-refractivity contribution in [3.8, 4) is 0 Å². The predicted octanol–water partition coefficient (Wildman–Crippen LogP) is 1.72. The van der Waals surface area contributed by atoms with Crippen molar-refractivity contribution in [2.75, 3.05) is 32.4 Å². The maximum atomic E-state index is 12.3. The van der Waals surface area contributed by atoms with Crippen molar-refractivity contribution in [3.05, 3.63) is 0 Å². The smallest absolute Gasteiger partial charge is 0.214 e. The third-order valence-corrected chi connectivity index (χ3v) is 5.33. The molecule has 1 N–H and O–H groups in total. The highest BCUT2D eigenvalue weighted by molar-refractivity contribution is 7.89. The standard InChI is InChI=1S/C12H26N2O2S.ClH/c1-12(2,3)10-17(15,16)14-7-5-6-11(9-14)8-13-4;/h11,13H,5-10H2,1-4H3;1H. The molecular formula is C12H27ClN2O2S. The summed E-state index contributed by atoms with van der Waals surface area (Å²) in [6.07, 6.45) is 2.11. The molecule has 0 aromatic carbocycles. The molecule has 0 aliphatic carbocycles. The second-order valence-electron chi connectivity index (χ2n) is 6.24. The molecule has 110 valence electrons. The van der Waals surface area contributed by atoms with Crippen LogP contribution in [0.15, 0.2) is 0 Å². The highest BCUT2D eigenvalue weighted by Crippen LogP contribution is 2.23. The lowest BCUT2D eigenvalue weighted by Crippen LogP contribution is -2.45. The Kier molecular flexibility index (Phi) is 7.14. The first-order valence-electron chi connectivity index (χ1n) is 6.37. The zero-order valence-electron chi connectivity index (χ0n) is 11.9. The molecule has 1 heterocycles. The van der Waals surface area contributed by atoms with Crippen LogP contribution in [-0.4, -0.2) is 45.2 Å². The predicted molar refractivity (Wildman–Crippen MR) is 78.7 cm³/mol. The monoisotopic (exact) mass is 298 g/mol. The molecule has 1 aliphatic rings. The van der Waals surface area contributed by atoms with Crippen LogP contribution in [0.3, 0.4) is 0 Å². The van der Waals surface area contributed by atoms with E-state index in [-0.39, 0.29) is 23.6 Å². The summed E-state index contributed by atoms with van der Waals surface area (Å²) in [5.74, 6) is 0.704. The average molecular weight is 299 g/mol. The van der Waals surface area contributed by atoms with E-state index in [1.54, 1.807) is 4.31 Å². The fourth-order valence-electron chi connectivity index (χ4n) is 2.37. The molecule has 0 amide bonds. The van der Waals surface area contributed by atoms with Gasteiger partial charge in [0, 0.05) is 13.1 Å². The molecule has 18 heavy (non-hydrogen) atoms. The van der Waals surface area contributed by atoms with Gasteiger partial charge in [0.2, 0.25) is 10.0 Å². The Labute approximate surface area is 118 Å². The minimum Gasteiger partial charge on any atom is -0.319 e. The number of rotatable bonds is 4. The number of hydrogen-bond acceptors (Lipinski definition) is 3. The second-order valence-corrected chi connectivity index (χ2v) is 8.21. The highest BCUT2D eigenvalue weighted by Gasteiger charge is 2.31. The van der Waals surface area contributed by atoms with Gasteiger partial charge in [-0.2, -0.15) is 0 Å². The maximum Gasteiger partial charge on any atom is 0.214 e. The van der Waals surface area contributed by atoms with Gasteiger partial charge in [0.15, 0.2) is 0 Å². The van der Waals surface area contributed by atoms with Crippen LogP contribution in [0.5, 0.6) is 0 Å². The first-order chi connectivity index (χ1) is 7.74. The number of nitrogens with zero attached hydrogens (tertiary/aromatic N) is 1. The van der Waals surface area contributed by atoms with E-state index in [0.29, 0.717) is 19.0 Å². The van der Waals surface area contributed by atoms with Crippen molar-refractivity contribution in [1.82, 2.24) is 9.62 Å². The molecule has 0 aromatic rings. The zero-order chi connectivity index (χ0) is 13.1. The Morgan fingerprint density at radius 2 is 1.94 bits per heavy atom. The minimum absolute atomic E-state index is 0. The van der Waals surface area contributed by atoms with Crippen molar-refractivity contribution in [2.24, 2.45) is 11.3 Å². The Bertz CT molecular complexity index is 336. The topological polar surface area (TPSA) is 49.4 Å². The van der Waals surface area contributed by atoms with E-state index in [2.05, 4.69) is 5.32 Å². The van der Waals surface area contributed by atoms with Gasteiger partial charge in [-0.3, -0.25) is 0 Å². The lowest BCUT2D eigenvalue weighted by molar-refractivity contribution is 0.260. The number of sulfonamides is 1. The summed E-state index contributed by atoms with van der Waals surface area (Å²) in [7, 11) is -1.17. The summed E-state index contributed by atoms with van der Waals surface area (Å²) >= 11 is 0. The van der Waals surface area contributed by atoms with Gasteiger partial charge in [0.1, 0.15) is 0 Å². The molecule has 1 saturated heterocycles. The van der Waals surface area contributed by atoms with Crippen LogP contribution >= 0.6 is 12.4 Å². The van der Waals surface area contributed by atoms with E-state index < -0.39 is 10.0 Å². The molecule has 1 rings (SSSR count). The Morgan fingerprint density at radius 1 is 1.33 bits per heavy atom. The Morgan fingerprint density at radius 3 is 2.44 bits per heavy atom. The van der Waals surface area contributed by atoms with E-state index in [1.807, 2.05) is 27.8 Å². The van der Waals surface area contributed by atoms with Crippen LogP contribution in [0.2, 0.25) is 0 Å². The van der Waals surface area contributed by atoms with Crippen molar-refractivity contribution in [1.29, 1.82) is 0 Å². The quantitative estimate of drug-likeness (QED) is 0.860. The van der Waals surface area contributed by atoms with Gasteiger partial charge in [0.05, 0.1) is 5.75 Å². The largest absolute Gasteiger partial charge is 0.319 e. The van der Waals surface area contributed by atoms with Gasteiger partial charge in [-0.25, -0.2) is 12.7 Å². The third-order valence-electron chi connectivity index (χ3n) is 2.98. The fourth-order valence-corrected chi connectivity index (χ4v) is 4.50. The summed E-state index contributed by atoms with van der Waals surface area (Å²) in [6, 6.07) is 0. The summed E-state index contributed by atoms with van der Waals surface area (Å²) in [4.78, 5) is 0. The third kappa shape index (κ3) is 5.87. The van der Waals surface area contributed by atoms with Crippen molar-refractivity contribution in [3.63, 3.8) is 0 Å². The molecule has 0 saturated carbocycles. The van der Waals surface area contributed by atoms with Gasteiger partial charge in [-0.1, -0.05) is 20.8 Å². The van der Waals surface area contributed by atoms with Crippen molar-refractivity contribution in [2.45, 2.75) is 33.6 Å². The molecule has 0 spiro atoms. The van der Waals surface area contributed by atoms with E-state index in [0.717, 1.165) is 19.4 Å². The number of hydrogen-bond donors (Lipinski definition) is 1. The Hall–Kier alpha value is 0.160. The van der Waals surface area contributed by atoms with E-state index in [4.69, 9.17) is 0 Å². The first kappa shape index (κ1) is 18.2. The number of nitrogens with one attached hydrogen (secondary N) is 1. The molecule has 6 heteroatoms. The fraction of sp³-hybridized carbons (Fsp3) is 1.00. The molecule has 1 atom stereocenters. The maximum absolute atomic E-state index is 12.3. The van der Waals surface area contributed by atoms with E-state index in [1.165, 1.54) is 0 Å². The Balaban J connectivity index is 0.00000289. The van der Waals surface area contributed by atoms with Crippen LogP contribution in [0.4, 0.5) is 0 Å². The van der Waals surface area contributed by atoms with Crippen LogP contribution in [0.25, 0.3) is 0 Å². The lowest BCUT2D eigenvalue weighted by atomic mass is 10.00. The van der Waals surface area contributed by atoms with Crippen LogP contribution < -0.4 is 5.32 Å². The van der Waals surface area contributed by atoms with Crippen LogP contribution in [-0.2, 0) is 10.0 Å². The van der Waals surface area contributed by atoms with Crippen molar-refractivity contribution < 1.29 is 8.42 Å². The number of halogens is 1. The summed E-state index contributed by atoms with van der Waals surface area (Å²) in [5.41, 5.74) is -0.172. The van der Waals surface area contributed by atoms with Gasteiger partial charge in [-0.05, 0) is 37.8 Å². The molecule has 1 aliphatic heterocycles. The SMILES string of the molecule is CNCC1CCCN(S(=O)(=O)CC(C)(C)C)C1.Cl. The highest BCUT2D eigenvalue weighted by atomic mass is 35.5. The van der Waals surface area contributed by atoms with E-state index in [9.17, 15) is 8.42 Å². The molecule has 1 unspecified atom stereocenters. The molecule has 4 nitrogen and oxygen atoms in total. The first-order valence-corrected chi connectivity index (χ1v) is 7.98. The normalized spacial score (nSPS) is 22.6. The summed E-state index contributed by atoms with van der Waals surface area (Å²) < 4.78 is 26.2. The molecule has 1 fully saturated rings. The molecular weight excluding hydrogens is 272 g/mol. The van der Waals surface area contributed by atoms with Gasteiger partial charge >= 0.3 is 0 Å². The van der Waals surface area contributed by atoms with Gasteiger partial charge in [0.25, 0.3) is 0 Å². The minimum atomic E-state index is -3.09. The molecule has 0 bridgehead atoms. The van der Waals surface area contributed by atoms with E-state index >= 15 is 0 Å². The second kappa shape index (κ2) is 7.08. The molecule has 0 radical (unpaired) electrons. The van der Waals surface area contributed by atoms with Crippen LogP contribution in [0.1, 0.15) is 33.6 Å². The summed E-state index contributed by atoms with van der Waals surface area (Å²) in [6.45, 7) is 8.19. The summed E-state index contributed by atoms with van der Waals surface area (Å²) in [5, 5.41) is 3.14.